The molecule has 1 saturated heterocycles. The molecule has 0 aromatic carbocycles. The molecule has 0 bridgehead atoms. The van der Waals surface area contributed by atoms with Crippen molar-refractivity contribution in [2.75, 3.05) is 7.05 Å². The molecule has 2 atom stereocenters. The molecule has 0 aliphatic carbocycles. The van der Waals surface area contributed by atoms with Crippen LogP contribution >= 0.6 is 0 Å². The van der Waals surface area contributed by atoms with Crippen LogP contribution in [-0.4, -0.2) is 29.1 Å². The van der Waals surface area contributed by atoms with Gasteiger partial charge in [-0.1, -0.05) is 0 Å². The molecule has 0 aromatic heterocycles. The maximum Gasteiger partial charge on any atom is 0.121 e. The Labute approximate surface area is 49.4 Å². The highest BCUT2D eigenvalue weighted by atomic mass is 15.5. The predicted octanol–water partition coefficient (Wildman–Crippen LogP) is 0.433. The number of nitrogens with zero attached hydrogens (tertiary/aromatic N) is 2. The Balaban J connectivity index is 2.18. The lowest BCUT2D eigenvalue weighted by Crippen LogP contribution is -2.13. The Morgan fingerprint density at radius 3 is 2.38 bits per heavy atom. The van der Waals surface area contributed by atoms with Crippen LogP contribution in [0.2, 0.25) is 0 Å². The van der Waals surface area contributed by atoms with Crippen LogP contribution in [0.5, 0.6) is 0 Å². The van der Waals surface area contributed by atoms with E-state index in [-0.39, 0.29) is 0 Å². The lowest BCUT2D eigenvalue weighted by atomic mass is 10.4. The first-order valence-corrected chi connectivity index (χ1v) is 2.98. The van der Waals surface area contributed by atoms with Crippen molar-refractivity contribution in [1.82, 2.24) is 9.80 Å². The fourth-order valence-electron chi connectivity index (χ4n) is 1.40. The van der Waals surface area contributed by atoms with E-state index >= 15 is 0 Å². The predicted molar refractivity (Wildman–Crippen MR) is 32.0 cm³/mol. The molecule has 2 heterocycles. The summed E-state index contributed by atoms with van der Waals surface area (Å²) in [4.78, 5) is 4.57. The van der Waals surface area contributed by atoms with Crippen LogP contribution in [0, 0.1) is 0 Å². The standard InChI is InChI=1S/C6H10N2/c1-5-6-7(2)3-4-8(5)6/h3-6H,1-2H3/t5-,6-,8?/m0/s1. The van der Waals surface area contributed by atoms with Crippen LogP contribution in [0.25, 0.3) is 0 Å². The van der Waals surface area contributed by atoms with Crippen LogP contribution in [0.1, 0.15) is 6.92 Å². The molecule has 0 aromatic rings. The molecule has 2 heteroatoms. The summed E-state index contributed by atoms with van der Waals surface area (Å²) in [5.74, 6) is 0. The second-order valence-corrected chi connectivity index (χ2v) is 2.57. The van der Waals surface area contributed by atoms with Crippen LogP contribution in [-0.2, 0) is 0 Å². The van der Waals surface area contributed by atoms with Crippen molar-refractivity contribution in [1.29, 1.82) is 0 Å². The maximum atomic E-state index is 2.33. The smallest absolute Gasteiger partial charge is 0.121 e. The second-order valence-electron chi connectivity index (χ2n) is 2.57. The number of rotatable bonds is 0. The average molecular weight is 110 g/mol. The zero-order valence-electron chi connectivity index (χ0n) is 5.20. The molecule has 2 aliphatic rings. The lowest BCUT2D eigenvalue weighted by Gasteiger charge is -2.05. The van der Waals surface area contributed by atoms with Gasteiger partial charge in [-0.3, -0.25) is 0 Å². The highest BCUT2D eigenvalue weighted by molar-refractivity contribution is 5.12. The minimum atomic E-state index is 0.704. The van der Waals surface area contributed by atoms with Gasteiger partial charge in [0.15, 0.2) is 0 Å². The maximum absolute atomic E-state index is 2.33. The van der Waals surface area contributed by atoms with Gasteiger partial charge in [-0.15, -0.1) is 0 Å². The van der Waals surface area contributed by atoms with Crippen molar-refractivity contribution < 1.29 is 0 Å². The zero-order chi connectivity index (χ0) is 5.72. The van der Waals surface area contributed by atoms with Crippen LogP contribution in [0.4, 0.5) is 0 Å². The number of likely N-dealkylation sites (N-methyl/N-ethyl adjacent to an activating group) is 1. The van der Waals surface area contributed by atoms with Crippen molar-refractivity contribution in [3.05, 3.63) is 12.4 Å². The van der Waals surface area contributed by atoms with Crippen molar-refractivity contribution >= 4 is 0 Å². The molecule has 1 fully saturated rings. The Morgan fingerprint density at radius 2 is 2.12 bits per heavy atom. The largest absolute Gasteiger partial charge is 0.357 e. The molecule has 8 heavy (non-hydrogen) atoms. The first-order valence-electron chi connectivity index (χ1n) is 2.98. The highest BCUT2D eigenvalue weighted by Crippen LogP contribution is 2.34. The third-order valence-corrected chi connectivity index (χ3v) is 2.01. The molecular weight excluding hydrogens is 100 g/mol. The third kappa shape index (κ3) is 0.299. The summed E-state index contributed by atoms with van der Waals surface area (Å²) in [6.45, 7) is 2.24. The molecule has 0 amide bonds. The van der Waals surface area contributed by atoms with E-state index in [1.54, 1.807) is 0 Å². The minimum absolute atomic E-state index is 0.704. The Bertz CT molecular complexity index is 139. The summed E-state index contributed by atoms with van der Waals surface area (Å²) in [6, 6.07) is 0.769. The van der Waals surface area contributed by atoms with Crippen LogP contribution < -0.4 is 0 Å². The molecule has 0 spiro atoms. The molecule has 2 nitrogen and oxygen atoms in total. The van der Waals surface area contributed by atoms with Gasteiger partial charge in [0.2, 0.25) is 0 Å². The first-order chi connectivity index (χ1) is 3.80. The normalized spacial score (nSPS) is 40.8. The molecule has 2 aliphatic heterocycles. The van der Waals surface area contributed by atoms with Gasteiger partial charge in [0, 0.05) is 19.4 Å². The van der Waals surface area contributed by atoms with Crippen molar-refractivity contribution in [2.45, 2.75) is 19.1 Å². The number of fused-ring (bicyclic) bond motifs is 1. The molecule has 0 unspecified atom stereocenters. The fraction of sp³-hybridized carbons (Fsp3) is 0.667. The van der Waals surface area contributed by atoms with E-state index in [0.717, 1.165) is 6.04 Å². The van der Waals surface area contributed by atoms with Gasteiger partial charge in [0.25, 0.3) is 0 Å². The first kappa shape index (κ1) is 4.24. The lowest BCUT2D eigenvalue weighted by molar-refractivity contribution is 0.423. The summed E-state index contributed by atoms with van der Waals surface area (Å²) in [5, 5.41) is 0. The quantitative estimate of drug-likeness (QED) is 0.417. The topological polar surface area (TPSA) is 6.25 Å². The van der Waals surface area contributed by atoms with E-state index in [4.69, 9.17) is 0 Å². The van der Waals surface area contributed by atoms with Gasteiger partial charge < -0.3 is 9.80 Å². The fourth-order valence-corrected chi connectivity index (χ4v) is 1.40. The molecule has 2 rings (SSSR count). The van der Waals surface area contributed by atoms with E-state index < -0.39 is 0 Å². The Kier molecular flexibility index (Phi) is 0.539. The Morgan fingerprint density at radius 1 is 1.38 bits per heavy atom. The van der Waals surface area contributed by atoms with E-state index in [2.05, 4.69) is 36.2 Å². The molecule has 0 radical (unpaired) electrons. The van der Waals surface area contributed by atoms with Gasteiger partial charge in [-0.25, -0.2) is 0 Å². The minimum Gasteiger partial charge on any atom is -0.357 e. The molecular formula is C6H10N2. The van der Waals surface area contributed by atoms with Gasteiger partial charge in [-0.2, -0.15) is 0 Å². The number of hydrogen-bond acceptors (Lipinski definition) is 2. The molecule has 44 valence electrons. The highest BCUT2D eigenvalue weighted by Gasteiger charge is 2.46. The van der Waals surface area contributed by atoms with Crippen LogP contribution in [0.15, 0.2) is 12.4 Å². The third-order valence-electron chi connectivity index (χ3n) is 2.01. The van der Waals surface area contributed by atoms with E-state index in [9.17, 15) is 0 Å². The summed E-state index contributed by atoms with van der Waals surface area (Å²) in [6.07, 6.45) is 4.97. The van der Waals surface area contributed by atoms with Gasteiger partial charge in [0.05, 0.1) is 6.04 Å². The second kappa shape index (κ2) is 1.02. The van der Waals surface area contributed by atoms with Gasteiger partial charge in [0.1, 0.15) is 6.17 Å². The zero-order valence-corrected chi connectivity index (χ0v) is 5.20. The van der Waals surface area contributed by atoms with E-state index in [0.29, 0.717) is 6.17 Å². The van der Waals surface area contributed by atoms with E-state index in [1.807, 2.05) is 0 Å². The number of hydrogen-bond donors (Lipinski definition) is 0. The van der Waals surface area contributed by atoms with Crippen molar-refractivity contribution in [3.63, 3.8) is 0 Å². The molecule has 0 saturated carbocycles. The van der Waals surface area contributed by atoms with Crippen molar-refractivity contribution in [3.8, 4) is 0 Å². The van der Waals surface area contributed by atoms with Gasteiger partial charge in [-0.05, 0) is 6.92 Å². The van der Waals surface area contributed by atoms with E-state index in [1.165, 1.54) is 0 Å². The van der Waals surface area contributed by atoms with Crippen molar-refractivity contribution in [2.24, 2.45) is 0 Å². The monoisotopic (exact) mass is 110 g/mol. The van der Waals surface area contributed by atoms with Crippen LogP contribution in [0.3, 0.4) is 0 Å². The van der Waals surface area contributed by atoms with Gasteiger partial charge >= 0.3 is 0 Å². The molecule has 0 N–H and O–H groups in total. The summed E-state index contributed by atoms with van der Waals surface area (Å²) in [7, 11) is 2.12. The average Bonchev–Trinajstić information content (AvgIpc) is 2.13. The Hall–Kier alpha value is -0.660. The SMILES string of the molecule is C[C@H]1[C@H]2N(C)C=CN12. The summed E-state index contributed by atoms with van der Waals surface area (Å²) >= 11 is 0. The summed E-state index contributed by atoms with van der Waals surface area (Å²) in [5.41, 5.74) is 0. The summed E-state index contributed by atoms with van der Waals surface area (Å²) < 4.78 is 0.